The van der Waals surface area contributed by atoms with E-state index in [4.69, 9.17) is 24.5 Å². The number of para-hydroxylation sites is 3. The van der Waals surface area contributed by atoms with Crippen molar-refractivity contribution >= 4 is 23.0 Å². The van der Waals surface area contributed by atoms with E-state index in [1.165, 1.54) is 11.3 Å². The lowest BCUT2D eigenvalue weighted by molar-refractivity contribution is -0.159. The summed E-state index contributed by atoms with van der Waals surface area (Å²) in [6, 6.07) is 20.7. The third-order valence-electron chi connectivity index (χ3n) is 7.50. The first-order chi connectivity index (χ1) is 18.9. The van der Waals surface area contributed by atoms with Crippen molar-refractivity contribution in [1.29, 1.82) is 0 Å². The number of nitrogens with zero attached hydrogens (tertiary/aromatic N) is 3. The van der Waals surface area contributed by atoms with E-state index >= 15 is 0 Å². The van der Waals surface area contributed by atoms with E-state index in [0.717, 1.165) is 68.8 Å². The van der Waals surface area contributed by atoms with Crippen LogP contribution in [-0.2, 0) is 22.7 Å². The maximum Gasteiger partial charge on any atom is 0.414 e. The van der Waals surface area contributed by atoms with Gasteiger partial charge in [-0.05, 0) is 69.2 Å². The molecule has 39 heavy (non-hydrogen) atoms. The van der Waals surface area contributed by atoms with Crippen molar-refractivity contribution in [1.82, 2.24) is 19.0 Å². The molecule has 0 amide bonds. The van der Waals surface area contributed by atoms with Crippen LogP contribution in [0.25, 0.3) is 11.0 Å². The molecule has 10 heteroatoms. The van der Waals surface area contributed by atoms with Crippen molar-refractivity contribution in [2.24, 2.45) is 5.92 Å². The maximum absolute atomic E-state index is 12.3. The van der Waals surface area contributed by atoms with E-state index in [1.54, 1.807) is 0 Å². The number of carbonyl (C=O) groups is 2. The number of nitrogens with one attached hydrogen (secondary N) is 1. The molecule has 4 aromatic rings. The number of likely N-dealkylation sites (tertiary alicyclic amines) is 1. The molecule has 1 unspecified atom stereocenters. The molecule has 6 rings (SSSR count). The third kappa shape index (κ3) is 5.91. The average molecular weight is 533 g/mol. The highest BCUT2D eigenvalue weighted by atomic mass is 16.5. The van der Waals surface area contributed by atoms with Crippen LogP contribution >= 0.6 is 0 Å². The molecule has 10 nitrogen and oxygen atoms in total. The van der Waals surface area contributed by atoms with E-state index in [-0.39, 0.29) is 11.8 Å². The minimum Gasteiger partial charge on any atom is -0.484 e. The summed E-state index contributed by atoms with van der Waals surface area (Å²) in [5.41, 5.74) is 4.45. The summed E-state index contributed by atoms with van der Waals surface area (Å²) >= 11 is 0. The monoisotopic (exact) mass is 532 g/mol. The number of hydrogen-bond acceptors (Lipinski definition) is 5. The number of aromatic nitrogens is 3. The maximum atomic E-state index is 12.3. The number of ether oxygens (including phenoxy) is 1. The van der Waals surface area contributed by atoms with Gasteiger partial charge in [0.1, 0.15) is 11.9 Å². The molecule has 0 spiro atoms. The minimum atomic E-state index is -1.82. The Balaban J connectivity index is 0.000000465. The van der Waals surface area contributed by atoms with Gasteiger partial charge in [-0.3, -0.25) is 4.57 Å². The average Bonchev–Trinajstić information content (AvgIpc) is 3.48. The molecule has 2 aliphatic rings. The van der Waals surface area contributed by atoms with Crippen LogP contribution in [0.5, 0.6) is 5.75 Å². The molecule has 0 bridgehead atoms. The molecule has 0 aliphatic carbocycles. The smallest absolute Gasteiger partial charge is 0.414 e. The fourth-order valence-electron chi connectivity index (χ4n) is 5.56. The van der Waals surface area contributed by atoms with Crippen LogP contribution in [0.15, 0.2) is 71.7 Å². The predicted octanol–water partition coefficient (Wildman–Crippen LogP) is 3.57. The molecule has 2 aromatic heterocycles. The molecule has 2 aromatic carbocycles. The standard InChI is InChI=1S/C27H30N4O2.C2H2O4/c32-27-28-22-8-2-3-9-23(22)31(27)16-6-14-29-17-12-20(13-18-29)26-24-10-5-15-30(24)19-21-7-1-4-11-25(21)33-26;3-1(4)2(5)6/h1-5,7-11,15,20,26H,6,12-14,16-19H2,(H,28,32);(H,3,4)(H,5,6). The van der Waals surface area contributed by atoms with Gasteiger partial charge in [0.2, 0.25) is 0 Å². The van der Waals surface area contributed by atoms with Crippen molar-refractivity contribution in [3.63, 3.8) is 0 Å². The van der Waals surface area contributed by atoms with Crippen LogP contribution in [0, 0.1) is 5.92 Å². The Morgan fingerprint density at radius 2 is 1.64 bits per heavy atom. The molecule has 1 saturated heterocycles. The van der Waals surface area contributed by atoms with E-state index < -0.39 is 11.9 Å². The Morgan fingerprint density at radius 1 is 0.923 bits per heavy atom. The number of rotatable bonds is 5. The summed E-state index contributed by atoms with van der Waals surface area (Å²) in [5.74, 6) is -2.11. The molecular formula is C29H32N4O6. The van der Waals surface area contributed by atoms with Gasteiger partial charge < -0.3 is 29.4 Å². The Hall–Kier alpha value is -4.31. The van der Waals surface area contributed by atoms with Crippen LogP contribution in [0.3, 0.4) is 0 Å². The van der Waals surface area contributed by atoms with E-state index in [0.29, 0.717) is 5.92 Å². The number of carboxylic acids is 2. The molecular weight excluding hydrogens is 500 g/mol. The Kier molecular flexibility index (Phi) is 7.83. The number of benzene rings is 2. The van der Waals surface area contributed by atoms with Crippen LogP contribution in [-0.4, -0.2) is 60.8 Å². The fourth-order valence-corrected chi connectivity index (χ4v) is 5.56. The Bertz CT molecular complexity index is 1500. The molecule has 2 aliphatic heterocycles. The highest BCUT2D eigenvalue weighted by molar-refractivity contribution is 6.27. The second kappa shape index (κ2) is 11.6. The van der Waals surface area contributed by atoms with Gasteiger partial charge in [0.15, 0.2) is 0 Å². The molecule has 1 fully saturated rings. The number of H-pyrrole nitrogens is 1. The molecule has 0 saturated carbocycles. The lowest BCUT2D eigenvalue weighted by atomic mass is 9.89. The normalized spacial score (nSPS) is 17.3. The second-order valence-corrected chi connectivity index (χ2v) is 9.95. The van der Waals surface area contributed by atoms with Crippen LogP contribution in [0.1, 0.15) is 36.6 Å². The first kappa shape index (κ1) is 26.3. The molecule has 4 heterocycles. The number of aryl methyl sites for hydroxylation is 1. The quantitative estimate of drug-likeness (QED) is 0.335. The number of imidazole rings is 1. The van der Waals surface area contributed by atoms with Gasteiger partial charge in [0, 0.05) is 24.2 Å². The molecule has 3 N–H and O–H groups in total. The van der Waals surface area contributed by atoms with Gasteiger partial charge in [-0.1, -0.05) is 30.3 Å². The molecule has 204 valence electrons. The number of fused-ring (bicyclic) bond motifs is 3. The fraction of sp³-hybridized carbons (Fsp3) is 0.345. The van der Waals surface area contributed by atoms with Crippen molar-refractivity contribution in [2.45, 2.75) is 38.5 Å². The number of piperidine rings is 1. The summed E-state index contributed by atoms with van der Waals surface area (Å²) in [5, 5.41) is 14.8. The number of carboxylic acid groups (broad SMARTS) is 2. The van der Waals surface area contributed by atoms with Gasteiger partial charge in [-0.2, -0.15) is 0 Å². The lowest BCUT2D eigenvalue weighted by Gasteiger charge is -2.36. The van der Waals surface area contributed by atoms with Gasteiger partial charge in [0.05, 0.1) is 23.3 Å². The summed E-state index contributed by atoms with van der Waals surface area (Å²) in [7, 11) is 0. The minimum absolute atomic E-state index is 0.0105. The number of aromatic amines is 1. The van der Waals surface area contributed by atoms with E-state index in [1.807, 2.05) is 28.8 Å². The van der Waals surface area contributed by atoms with Crippen molar-refractivity contribution in [3.05, 3.63) is 88.6 Å². The summed E-state index contributed by atoms with van der Waals surface area (Å²) in [6.45, 7) is 4.80. The number of aliphatic carboxylic acids is 2. The van der Waals surface area contributed by atoms with Gasteiger partial charge in [-0.25, -0.2) is 14.4 Å². The Labute approximate surface area is 225 Å². The second-order valence-electron chi connectivity index (χ2n) is 9.95. The third-order valence-corrected chi connectivity index (χ3v) is 7.50. The summed E-state index contributed by atoms with van der Waals surface area (Å²) in [4.78, 5) is 36.0. The predicted molar refractivity (Wildman–Crippen MR) is 145 cm³/mol. The van der Waals surface area contributed by atoms with E-state index in [9.17, 15) is 4.79 Å². The van der Waals surface area contributed by atoms with Crippen molar-refractivity contribution < 1.29 is 24.5 Å². The zero-order valence-electron chi connectivity index (χ0n) is 21.5. The van der Waals surface area contributed by atoms with Crippen LogP contribution < -0.4 is 10.4 Å². The largest absolute Gasteiger partial charge is 0.484 e. The van der Waals surface area contributed by atoms with Crippen LogP contribution in [0.4, 0.5) is 0 Å². The summed E-state index contributed by atoms with van der Waals surface area (Å²) in [6.07, 6.45) is 5.52. The Morgan fingerprint density at radius 3 is 2.41 bits per heavy atom. The zero-order chi connectivity index (χ0) is 27.4. The number of hydrogen-bond donors (Lipinski definition) is 3. The first-order valence-corrected chi connectivity index (χ1v) is 13.2. The topological polar surface area (TPSA) is 130 Å². The zero-order valence-corrected chi connectivity index (χ0v) is 21.5. The van der Waals surface area contributed by atoms with Crippen LogP contribution in [0.2, 0.25) is 0 Å². The summed E-state index contributed by atoms with van der Waals surface area (Å²) < 4.78 is 10.8. The van der Waals surface area contributed by atoms with Gasteiger partial charge >= 0.3 is 17.6 Å². The highest BCUT2D eigenvalue weighted by Gasteiger charge is 2.33. The molecule has 0 radical (unpaired) electrons. The van der Waals surface area contributed by atoms with E-state index in [2.05, 4.69) is 57.0 Å². The van der Waals surface area contributed by atoms with Gasteiger partial charge in [0.25, 0.3) is 0 Å². The van der Waals surface area contributed by atoms with Gasteiger partial charge in [-0.15, -0.1) is 0 Å². The lowest BCUT2D eigenvalue weighted by Crippen LogP contribution is -2.38. The first-order valence-electron chi connectivity index (χ1n) is 13.2. The van der Waals surface area contributed by atoms with Crippen molar-refractivity contribution in [3.8, 4) is 5.75 Å². The van der Waals surface area contributed by atoms with Crippen molar-refractivity contribution in [2.75, 3.05) is 19.6 Å². The highest BCUT2D eigenvalue weighted by Crippen LogP contribution is 2.39. The SMILES string of the molecule is O=C(O)C(=O)O.O=c1[nH]c2ccccc2n1CCCN1CCC(C2Oc3ccccc3Cn3cccc32)CC1. The molecule has 1 atom stereocenters.